The van der Waals surface area contributed by atoms with Crippen LogP contribution in [0, 0.1) is 0 Å². The van der Waals surface area contributed by atoms with Gasteiger partial charge in [-0.1, -0.05) is 49.7 Å². The summed E-state index contributed by atoms with van der Waals surface area (Å²) in [6.45, 7) is 5.39. The molecule has 3 aromatic rings. The molecule has 9 heteroatoms. The van der Waals surface area contributed by atoms with Crippen LogP contribution in [0.3, 0.4) is 0 Å². The summed E-state index contributed by atoms with van der Waals surface area (Å²) in [5.41, 5.74) is 3.01. The van der Waals surface area contributed by atoms with Gasteiger partial charge < -0.3 is 5.32 Å². The predicted octanol–water partition coefficient (Wildman–Crippen LogP) is 5.24. The average molecular weight is 504 g/mol. The SMILES string of the molecule is CC[C@@H]1c2nc(NC(=O)Cc3ccc(S(=O)(=O)CC)cc3)sc2CN1Cc1ccc(Cl)cc1. The Kier molecular flexibility index (Phi) is 7.19. The minimum absolute atomic E-state index is 0.0530. The van der Waals surface area contributed by atoms with Gasteiger partial charge in [0.25, 0.3) is 0 Å². The molecule has 0 spiro atoms. The Morgan fingerprint density at radius 3 is 2.42 bits per heavy atom. The van der Waals surface area contributed by atoms with E-state index in [-0.39, 0.29) is 29.0 Å². The average Bonchev–Trinajstić information content (AvgIpc) is 3.31. The van der Waals surface area contributed by atoms with Gasteiger partial charge in [0.2, 0.25) is 5.91 Å². The number of hydrogen-bond acceptors (Lipinski definition) is 6. The molecule has 0 aliphatic carbocycles. The number of nitrogens with zero attached hydrogens (tertiary/aromatic N) is 2. The number of carbonyl (C=O) groups excluding carboxylic acids is 1. The molecule has 1 atom stereocenters. The summed E-state index contributed by atoms with van der Waals surface area (Å²) in [6.07, 6.45) is 1.10. The second kappa shape index (κ2) is 9.93. The lowest BCUT2D eigenvalue weighted by atomic mass is 10.1. The smallest absolute Gasteiger partial charge is 0.230 e. The first-order valence-electron chi connectivity index (χ1n) is 10.9. The largest absolute Gasteiger partial charge is 0.302 e. The zero-order valence-corrected chi connectivity index (χ0v) is 20.9. The predicted molar refractivity (Wildman–Crippen MR) is 132 cm³/mol. The number of rotatable bonds is 8. The number of benzene rings is 2. The highest BCUT2D eigenvalue weighted by atomic mass is 35.5. The van der Waals surface area contributed by atoms with Gasteiger partial charge in [-0.2, -0.15) is 0 Å². The maximum absolute atomic E-state index is 12.5. The van der Waals surface area contributed by atoms with E-state index in [0.29, 0.717) is 5.13 Å². The van der Waals surface area contributed by atoms with Crippen molar-refractivity contribution >= 4 is 43.8 Å². The third-order valence-electron chi connectivity index (χ3n) is 5.79. The molecule has 33 heavy (non-hydrogen) atoms. The van der Waals surface area contributed by atoms with Gasteiger partial charge in [0.15, 0.2) is 15.0 Å². The van der Waals surface area contributed by atoms with Gasteiger partial charge in [-0.25, -0.2) is 13.4 Å². The lowest BCUT2D eigenvalue weighted by Crippen LogP contribution is -2.22. The highest BCUT2D eigenvalue weighted by Gasteiger charge is 2.33. The van der Waals surface area contributed by atoms with E-state index in [2.05, 4.69) is 17.1 Å². The van der Waals surface area contributed by atoms with Crippen LogP contribution in [0.25, 0.3) is 0 Å². The minimum atomic E-state index is -3.24. The molecule has 1 N–H and O–H groups in total. The fourth-order valence-electron chi connectivity index (χ4n) is 4.03. The Morgan fingerprint density at radius 2 is 1.79 bits per heavy atom. The molecule has 0 saturated carbocycles. The molecule has 2 aromatic carbocycles. The van der Waals surface area contributed by atoms with Crippen molar-refractivity contribution in [2.45, 2.75) is 50.7 Å². The first-order valence-corrected chi connectivity index (χ1v) is 13.7. The van der Waals surface area contributed by atoms with Crippen molar-refractivity contribution in [1.29, 1.82) is 0 Å². The molecule has 0 bridgehead atoms. The van der Waals surface area contributed by atoms with Gasteiger partial charge in [0.05, 0.1) is 28.8 Å². The molecule has 1 aliphatic heterocycles. The van der Waals surface area contributed by atoms with Crippen molar-refractivity contribution in [3.63, 3.8) is 0 Å². The maximum Gasteiger partial charge on any atom is 0.230 e. The molecule has 2 heterocycles. The van der Waals surface area contributed by atoms with Crippen LogP contribution < -0.4 is 5.32 Å². The highest BCUT2D eigenvalue weighted by Crippen LogP contribution is 2.41. The fourth-order valence-corrected chi connectivity index (χ4v) is 6.10. The lowest BCUT2D eigenvalue weighted by molar-refractivity contribution is -0.115. The zero-order chi connectivity index (χ0) is 23.6. The van der Waals surface area contributed by atoms with E-state index in [1.807, 2.05) is 24.3 Å². The van der Waals surface area contributed by atoms with E-state index in [1.165, 1.54) is 21.8 Å². The first kappa shape index (κ1) is 23.9. The molecular weight excluding hydrogens is 478 g/mol. The second-order valence-electron chi connectivity index (χ2n) is 8.06. The molecule has 0 saturated heterocycles. The molecule has 6 nitrogen and oxygen atoms in total. The minimum Gasteiger partial charge on any atom is -0.302 e. The maximum atomic E-state index is 12.5. The van der Waals surface area contributed by atoms with Crippen molar-refractivity contribution in [1.82, 2.24) is 9.88 Å². The monoisotopic (exact) mass is 503 g/mol. The van der Waals surface area contributed by atoms with Crippen LogP contribution >= 0.6 is 22.9 Å². The number of thiazole rings is 1. The number of nitrogens with one attached hydrogen (secondary N) is 1. The third-order valence-corrected chi connectivity index (χ3v) is 8.76. The van der Waals surface area contributed by atoms with E-state index >= 15 is 0 Å². The van der Waals surface area contributed by atoms with Crippen LogP contribution in [0.15, 0.2) is 53.4 Å². The zero-order valence-electron chi connectivity index (χ0n) is 18.5. The fraction of sp³-hybridized carbons (Fsp3) is 0.333. The third kappa shape index (κ3) is 5.46. The van der Waals surface area contributed by atoms with Crippen molar-refractivity contribution < 1.29 is 13.2 Å². The van der Waals surface area contributed by atoms with Gasteiger partial charge in [0, 0.05) is 23.0 Å². The number of amides is 1. The van der Waals surface area contributed by atoms with E-state index < -0.39 is 9.84 Å². The van der Waals surface area contributed by atoms with Gasteiger partial charge in [0.1, 0.15) is 0 Å². The number of fused-ring (bicyclic) bond motifs is 1. The number of sulfone groups is 1. The topological polar surface area (TPSA) is 79.4 Å². The van der Waals surface area contributed by atoms with E-state index in [4.69, 9.17) is 16.6 Å². The molecule has 174 valence electrons. The summed E-state index contributed by atoms with van der Waals surface area (Å²) in [6, 6.07) is 14.6. The van der Waals surface area contributed by atoms with Crippen molar-refractivity contribution in [3.05, 3.63) is 75.3 Å². The number of aromatic nitrogens is 1. The van der Waals surface area contributed by atoms with E-state index in [9.17, 15) is 13.2 Å². The van der Waals surface area contributed by atoms with Crippen molar-refractivity contribution in [3.8, 4) is 0 Å². The van der Waals surface area contributed by atoms with Gasteiger partial charge in [-0.3, -0.25) is 9.69 Å². The molecule has 1 amide bonds. The van der Waals surface area contributed by atoms with Gasteiger partial charge in [-0.05, 0) is 41.8 Å². The lowest BCUT2D eigenvalue weighted by Gasteiger charge is -2.23. The van der Waals surface area contributed by atoms with Crippen LogP contribution in [-0.4, -0.2) is 30.0 Å². The summed E-state index contributed by atoms with van der Waals surface area (Å²) in [5.74, 6) is -0.114. The second-order valence-corrected chi connectivity index (χ2v) is 11.9. The Balaban J connectivity index is 1.38. The first-order chi connectivity index (χ1) is 15.8. The molecule has 0 unspecified atom stereocenters. The Hall–Kier alpha value is -2.26. The van der Waals surface area contributed by atoms with Crippen LogP contribution in [0.4, 0.5) is 5.13 Å². The van der Waals surface area contributed by atoms with E-state index in [0.717, 1.165) is 35.8 Å². The molecule has 1 aromatic heterocycles. The Labute approximate surface area is 203 Å². The summed E-state index contributed by atoms with van der Waals surface area (Å²) in [7, 11) is -3.24. The van der Waals surface area contributed by atoms with Crippen LogP contribution in [0.5, 0.6) is 0 Å². The van der Waals surface area contributed by atoms with Crippen molar-refractivity contribution in [2.24, 2.45) is 0 Å². The van der Waals surface area contributed by atoms with Crippen LogP contribution in [0.2, 0.25) is 5.02 Å². The number of carbonyl (C=O) groups is 1. The summed E-state index contributed by atoms with van der Waals surface area (Å²) in [5, 5.41) is 4.25. The molecule has 0 fully saturated rings. The molecule has 4 rings (SSSR count). The number of hydrogen-bond donors (Lipinski definition) is 1. The molecule has 0 radical (unpaired) electrons. The summed E-state index contributed by atoms with van der Waals surface area (Å²) in [4.78, 5) is 21.1. The standard InChI is InChI=1S/C24H26ClN3O3S2/c1-3-20-23-21(15-28(20)14-17-5-9-18(25)10-6-17)32-24(27-23)26-22(29)13-16-7-11-19(12-8-16)33(30,31)4-2/h5-12,20H,3-4,13-15H2,1-2H3,(H,26,27,29)/t20-/m1/s1. The van der Waals surface area contributed by atoms with Crippen LogP contribution in [0.1, 0.15) is 48.0 Å². The quantitative estimate of drug-likeness (QED) is 0.455. The normalized spacial score (nSPS) is 16.0. The Morgan fingerprint density at radius 1 is 1.12 bits per heavy atom. The number of halogens is 1. The van der Waals surface area contributed by atoms with Crippen molar-refractivity contribution in [2.75, 3.05) is 11.1 Å². The van der Waals surface area contributed by atoms with Gasteiger partial charge in [-0.15, -0.1) is 11.3 Å². The number of anilines is 1. The molecular formula is C24H26ClN3O3S2. The Bertz CT molecular complexity index is 1240. The van der Waals surface area contributed by atoms with Gasteiger partial charge >= 0.3 is 0 Å². The van der Waals surface area contributed by atoms with E-state index in [1.54, 1.807) is 31.2 Å². The summed E-state index contributed by atoms with van der Waals surface area (Å²) >= 11 is 7.52. The molecule has 1 aliphatic rings. The highest BCUT2D eigenvalue weighted by molar-refractivity contribution is 7.91. The summed E-state index contributed by atoms with van der Waals surface area (Å²) < 4.78 is 23.9. The van der Waals surface area contributed by atoms with Crippen LogP contribution in [-0.2, 0) is 34.1 Å².